The summed E-state index contributed by atoms with van der Waals surface area (Å²) in [7, 11) is 0. The number of nitrogens with one attached hydrogen (secondary N) is 1. The lowest BCUT2D eigenvalue weighted by molar-refractivity contribution is -0.143. The van der Waals surface area contributed by atoms with Crippen LogP contribution in [0.5, 0.6) is 0 Å². The van der Waals surface area contributed by atoms with Crippen molar-refractivity contribution >= 4 is 23.5 Å². The van der Waals surface area contributed by atoms with Gasteiger partial charge in [0, 0.05) is 11.6 Å². The number of carbonyl (C=O) groups is 2. The average molecular weight is 300 g/mol. The lowest BCUT2D eigenvalue weighted by atomic mass is 9.85. The van der Waals surface area contributed by atoms with Gasteiger partial charge in [-0.1, -0.05) is 18.0 Å². The Kier molecular flexibility index (Phi) is 4.60. The number of benzene rings is 1. The Morgan fingerprint density at radius 3 is 2.75 bits per heavy atom. The first-order chi connectivity index (χ1) is 9.47. The number of aliphatic carboxylic acids is 1. The Labute approximate surface area is 120 Å². The molecule has 1 fully saturated rings. The van der Waals surface area contributed by atoms with Crippen molar-refractivity contribution in [1.29, 1.82) is 0 Å². The Balaban J connectivity index is 2.00. The first kappa shape index (κ1) is 14.8. The van der Waals surface area contributed by atoms with E-state index in [0.717, 1.165) is 18.9 Å². The van der Waals surface area contributed by atoms with Crippen LogP contribution in [0.15, 0.2) is 18.2 Å². The predicted molar refractivity (Wildman–Crippen MR) is 72.3 cm³/mol. The van der Waals surface area contributed by atoms with Gasteiger partial charge in [0.25, 0.3) is 5.91 Å². The van der Waals surface area contributed by atoms with Crippen molar-refractivity contribution < 1.29 is 19.1 Å². The minimum atomic E-state index is -0.832. The third-order valence-corrected chi connectivity index (χ3v) is 3.85. The summed E-state index contributed by atoms with van der Waals surface area (Å²) in [5.41, 5.74) is 0.185. The summed E-state index contributed by atoms with van der Waals surface area (Å²) in [6, 6.07) is 3.66. The van der Waals surface area contributed by atoms with Gasteiger partial charge in [-0.05, 0) is 37.5 Å². The third-order valence-electron chi connectivity index (χ3n) is 3.54. The highest BCUT2D eigenvalue weighted by Crippen LogP contribution is 2.25. The minimum absolute atomic E-state index is 0.0369. The minimum Gasteiger partial charge on any atom is -0.481 e. The first-order valence-electron chi connectivity index (χ1n) is 6.46. The van der Waals surface area contributed by atoms with E-state index >= 15 is 0 Å². The number of carboxylic acids is 1. The molecule has 2 unspecified atom stereocenters. The van der Waals surface area contributed by atoms with Crippen LogP contribution in [-0.2, 0) is 4.79 Å². The number of amides is 1. The first-order valence-corrected chi connectivity index (χ1v) is 6.84. The molecule has 0 bridgehead atoms. The average Bonchev–Trinajstić information content (AvgIpc) is 2.42. The van der Waals surface area contributed by atoms with Gasteiger partial charge in [-0.15, -0.1) is 0 Å². The topological polar surface area (TPSA) is 66.4 Å². The van der Waals surface area contributed by atoms with E-state index < -0.39 is 23.6 Å². The second-order valence-electron chi connectivity index (χ2n) is 5.00. The second kappa shape index (κ2) is 6.22. The molecule has 1 aliphatic rings. The molecule has 1 aromatic rings. The van der Waals surface area contributed by atoms with Crippen LogP contribution in [0.1, 0.15) is 36.0 Å². The molecule has 1 aromatic carbocycles. The highest BCUT2D eigenvalue weighted by molar-refractivity contribution is 6.30. The van der Waals surface area contributed by atoms with Crippen LogP contribution in [0.2, 0.25) is 5.02 Å². The number of carboxylic acid groups (broad SMARTS) is 1. The zero-order valence-electron chi connectivity index (χ0n) is 10.7. The lowest BCUT2D eigenvalue weighted by Crippen LogP contribution is -2.39. The van der Waals surface area contributed by atoms with Crippen molar-refractivity contribution in [3.05, 3.63) is 34.6 Å². The van der Waals surface area contributed by atoms with Gasteiger partial charge in [0.1, 0.15) is 5.82 Å². The molecule has 1 amide bonds. The quantitative estimate of drug-likeness (QED) is 0.902. The van der Waals surface area contributed by atoms with Crippen LogP contribution >= 0.6 is 11.6 Å². The monoisotopic (exact) mass is 299 g/mol. The normalized spacial score (nSPS) is 22.3. The maximum Gasteiger partial charge on any atom is 0.306 e. The molecule has 0 spiro atoms. The number of rotatable bonds is 3. The van der Waals surface area contributed by atoms with E-state index in [1.165, 1.54) is 12.1 Å². The second-order valence-corrected chi connectivity index (χ2v) is 5.41. The van der Waals surface area contributed by atoms with E-state index in [1.54, 1.807) is 0 Å². The Morgan fingerprint density at radius 1 is 1.35 bits per heavy atom. The predicted octanol–water partition coefficient (Wildman–Crippen LogP) is 2.85. The molecule has 0 aromatic heterocycles. The number of hydrogen-bond acceptors (Lipinski definition) is 2. The fourth-order valence-electron chi connectivity index (χ4n) is 2.45. The van der Waals surface area contributed by atoms with E-state index in [2.05, 4.69) is 5.32 Å². The maximum absolute atomic E-state index is 13.3. The van der Waals surface area contributed by atoms with Gasteiger partial charge in [0.2, 0.25) is 0 Å². The summed E-state index contributed by atoms with van der Waals surface area (Å²) in [6.07, 6.45) is 2.55. The fraction of sp³-hybridized carbons (Fsp3) is 0.429. The van der Waals surface area contributed by atoms with Gasteiger partial charge in [-0.25, -0.2) is 4.39 Å². The standard InChI is InChI=1S/C14H15ClFNO3/c15-11-5-4-8(7-12(11)16)13(18)17-10-3-1-2-9(6-10)14(19)20/h4-5,7,9-10H,1-3,6H2,(H,17,18)(H,19,20). The molecule has 0 saturated heterocycles. The fourth-order valence-corrected chi connectivity index (χ4v) is 2.57. The van der Waals surface area contributed by atoms with Crippen molar-refractivity contribution in [2.45, 2.75) is 31.7 Å². The van der Waals surface area contributed by atoms with Crippen LogP contribution in [0.4, 0.5) is 4.39 Å². The molecule has 2 rings (SSSR count). The van der Waals surface area contributed by atoms with E-state index in [1.807, 2.05) is 0 Å². The highest BCUT2D eigenvalue weighted by atomic mass is 35.5. The SMILES string of the molecule is O=C(NC1CCCC(C(=O)O)C1)c1ccc(Cl)c(F)c1. The molecule has 108 valence electrons. The van der Waals surface area contributed by atoms with Crippen LogP contribution in [-0.4, -0.2) is 23.0 Å². The van der Waals surface area contributed by atoms with E-state index in [4.69, 9.17) is 16.7 Å². The van der Waals surface area contributed by atoms with Crippen LogP contribution in [0.3, 0.4) is 0 Å². The molecule has 6 heteroatoms. The van der Waals surface area contributed by atoms with Gasteiger partial charge in [0.15, 0.2) is 0 Å². The summed E-state index contributed by atoms with van der Waals surface area (Å²) < 4.78 is 13.3. The number of carbonyl (C=O) groups excluding carboxylic acids is 1. The zero-order chi connectivity index (χ0) is 14.7. The maximum atomic E-state index is 13.3. The molecule has 0 aliphatic heterocycles. The highest BCUT2D eigenvalue weighted by Gasteiger charge is 2.28. The van der Waals surface area contributed by atoms with Crippen LogP contribution < -0.4 is 5.32 Å². The van der Waals surface area contributed by atoms with Gasteiger partial charge in [0.05, 0.1) is 10.9 Å². The van der Waals surface area contributed by atoms with Gasteiger partial charge in [-0.2, -0.15) is 0 Å². The zero-order valence-corrected chi connectivity index (χ0v) is 11.5. The van der Waals surface area contributed by atoms with E-state index in [0.29, 0.717) is 12.8 Å². The molecule has 0 heterocycles. The molecule has 2 N–H and O–H groups in total. The Morgan fingerprint density at radius 2 is 2.10 bits per heavy atom. The summed E-state index contributed by atoms with van der Waals surface area (Å²) in [5.74, 6) is -2.31. The lowest BCUT2D eigenvalue weighted by Gasteiger charge is -2.27. The van der Waals surface area contributed by atoms with Crippen molar-refractivity contribution in [3.63, 3.8) is 0 Å². The molecule has 1 aliphatic carbocycles. The molecular weight excluding hydrogens is 285 g/mol. The third kappa shape index (κ3) is 3.48. The largest absolute Gasteiger partial charge is 0.481 e. The van der Waals surface area contributed by atoms with Crippen LogP contribution in [0.25, 0.3) is 0 Å². The summed E-state index contributed by atoms with van der Waals surface area (Å²) in [5, 5.41) is 11.7. The number of hydrogen-bond donors (Lipinski definition) is 2. The number of halogens is 2. The van der Waals surface area contributed by atoms with Gasteiger partial charge < -0.3 is 10.4 Å². The molecule has 0 radical (unpaired) electrons. The molecule has 2 atom stereocenters. The molecular formula is C14H15ClFNO3. The van der Waals surface area contributed by atoms with Crippen molar-refractivity contribution in [2.24, 2.45) is 5.92 Å². The van der Waals surface area contributed by atoms with Crippen molar-refractivity contribution in [2.75, 3.05) is 0 Å². The van der Waals surface area contributed by atoms with Crippen molar-refractivity contribution in [1.82, 2.24) is 5.32 Å². The van der Waals surface area contributed by atoms with E-state index in [-0.39, 0.29) is 16.6 Å². The Hall–Kier alpha value is -1.62. The molecule has 1 saturated carbocycles. The van der Waals surface area contributed by atoms with Crippen LogP contribution in [0, 0.1) is 11.7 Å². The smallest absolute Gasteiger partial charge is 0.306 e. The summed E-state index contributed by atoms with van der Waals surface area (Å²) in [4.78, 5) is 22.9. The summed E-state index contributed by atoms with van der Waals surface area (Å²) in [6.45, 7) is 0. The van der Waals surface area contributed by atoms with Gasteiger partial charge in [-0.3, -0.25) is 9.59 Å². The van der Waals surface area contributed by atoms with Gasteiger partial charge >= 0.3 is 5.97 Å². The van der Waals surface area contributed by atoms with Crippen molar-refractivity contribution in [3.8, 4) is 0 Å². The van der Waals surface area contributed by atoms with E-state index in [9.17, 15) is 14.0 Å². The molecule has 20 heavy (non-hydrogen) atoms. The molecule has 4 nitrogen and oxygen atoms in total. The summed E-state index contributed by atoms with van der Waals surface area (Å²) >= 11 is 5.56. The Bertz CT molecular complexity index is 535.